The highest BCUT2D eigenvalue weighted by Crippen LogP contribution is 2.29. The third-order valence-corrected chi connectivity index (χ3v) is 4.48. The summed E-state index contributed by atoms with van der Waals surface area (Å²) < 4.78 is 5.57. The molecule has 0 radical (unpaired) electrons. The molecule has 3 nitrogen and oxygen atoms in total. The van der Waals surface area contributed by atoms with Gasteiger partial charge in [0.15, 0.2) is 0 Å². The number of hydrogen-bond acceptors (Lipinski definition) is 3. The molecule has 1 saturated carbocycles. The van der Waals surface area contributed by atoms with Crippen LogP contribution in [0.3, 0.4) is 0 Å². The van der Waals surface area contributed by atoms with E-state index in [1.807, 2.05) is 6.92 Å². The predicted molar refractivity (Wildman–Crippen MR) is 80.0 cm³/mol. The summed E-state index contributed by atoms with van der Waals surface area (Å²) >= 11 is 0. The Balaban J connectivity index is 1.71. The fourth-order valence-electron chi connectivity index (χ4n) is 3.52. The number of rotatable bonds is 5. The molecule has 1 aliphatic heterocycles. The number of fused-ring (bicyclic) bond motifs is 1. The standard InChI is InChI=1S/C17H25NO2/c1-13(19)11-18(16-4-2-3-5-16)12-14-6-7-17-15(10-14)8-9-20-17/h6-7,10,13,16,19H,2-5,8-9,11-12H2,1H3. The minimum Gasteiger partial charge on any atom is -0.493 e. The predicted octanol–water partition coefficient (Wildman–Crippen LogP) is 2.75. The first-order valence-corrected chi connectivity index (χ1v) is 7.89. The monoisotopic (exact) mass is 275 g/mol. The summed E-state index contributed by atoms with van der Waals surface area (Å²) in [6.45, 7) is 4.43. The molecule has 0 aromatic heterocycles. The van der Waals surface area contributed by atoms with E-state index in [4.69, 9.17) is 4.74 Å². The molecule has 1 aromatic rings. The van der Waals surface area contributed by atoms with Gasteiger partial charge in [0.1, 0.15) is 5.75 Å². The lowest BCUT2D eigenvalue weighted by molar-refractivity contribution is 0.0937. The molecular formula is C17H25NO2. The SMILES string of the molecule is CC(O)CN(Cc1ccc2c(c1)CCO2)C1CCCC1. The first-order valence-electron chi connectivity index (χ1n) is 7.89. The molecule has 2 aliphatic rings. The van der Waals surface area contributed by atoms with E-state index in [1.54, 1.807) is 0 Å². The van der Waals surface area contributed by atoms with Crippen LogP contribution in [-0.4, -0.2) is 35.3 Å². The van der Waals surface area contributed by atoms with Gasteiger partial charge in [-0.05, 0) is 37.0 Å². The molecule has 1 fully saturated rings. The second-order valence-electron chi connectivity index (χ2n) is 6.26. The van der Waals surface area contributed by atoms with Gasteiger partial charge >= 0.3 is 0 Å². The Morgan fingerprint density at radius 1 is 1.35 bits per heavy atom. The van der Waals surface area contributed by atoms with Gasteiger partial charge in [-0.2, -0.15) is 0 Å². The fraction of sp³-hybridized carbons (Fsp3) is 0.647. The quantitative estimate of drug-likeness (QED) is 0.897. The van der Waals surface area contributed by atoms with Crippen LogP contribution in [0, 0.1) is 0 Å². The van der Waals surface area contributed by atoms with Crippen LogP contribution in [0.1, 0.15) is 43.7 Å². The minimum absolute atomic E-state index is 0.256. The van der Waals surface area contributed by atoms with E-state index in [-0.39, 0.29) is 6.10 Å². The van der Waals surface area contributed by atoms with Crippen molar-refractivity contribution >= 4 is 0 Å². The van der Waals surface area contributed by atoms with Crippen molar-refractivity contribution in [3.05, 3.63) is 29.3 Å². The van der Waals surface area contributed by atoms with Gasteiger partial charge in [-0.1, -0.05) is 25.0 Å². The van der Waals surface area contributed by atoms with Crippen LogP contribution >= 0.6 is 0 Å². The zero-order valence-corrected chi connectivity index (χ0v) is 12.3. The van der Waals surface area contributed by atoms with Crippen molar-refractivity contribution in [1.29, 1.82) is 0 Å². The zero-order chi connectivity index (χ0) is 13.9. The van der Waals surface area contributed by atoms with Crippen molar-refractivity contribution in [2.45, 2.75) is 57.7 Å². The molecule has 1 aromatic carbocycles. The number of hydrogen-bond donors (Lipinski definition) is 1. The Hall–Kier alpha value is -1.06. The van der Waals surface area contributed by atoms with E-state index in [0.29, 0.717) is 6.04 Å². The molecule has 0 saturated heterocycles. The lowest BCUT2D eigenvalue weighted by Crippen LogP contribution is -2.37. The molecule has 1 heterocycles. The smallest absolute Gasteiger partial charge is 0.122 e. The molecule has 0 bridgehead atoms. The molecule has 110 valence electrons. The Kier molecular flexibility index (Phi) is 4.27. The third-order valence-electron chi connectivity index (χ3n) is 4.48. The maximum absolute atomic E-state index is 9.75. The molecule has 0 spiro atoms. The molecular weight excluding hydrogens is 250 g/mol. The number of aliphatic hydroxyl groups is 1. The van der Waals surface area contributed by atoms with Gasteiger partial charge in [0.05, 0.1) is 12.7 Å². The van der Waals surface area contributed by atoms with Gasteiger partial charge in [-0.15, -0.1) is 0 Å². The highest BCUT2D eigenvalue weighted by atomic mass is 16.5. The highest BCUT2D eigenvalue weighted by Gasteiger charge is 2.24. The first-order chi connectivity index (χ1) is 9.72. The van der Waals surface area contributed by atoms with E-state index in [2.05, 4.69) is 23.1 Å². The van der Waals surface area contributed by atoms with E-state index in [1.165, 1.54) is 36.8 Å². The van der Waals surface area contributed by atoms with Crippen molar-refractivity contribution < 1.29 is 9.84 Å². The molecule has 1 aliphatic carbocycles. The van der Waals surface area contributed by atoms with Crippen molar-refractivity contribution in [3.8, 4) is 5.75 Å². The molecule has 3 heteroatoms. The molecule has 1 atom stereocenters. The minimum atomic E-state index is -0.256. The van der Waals surface area contributed by atoms with Crippen LogP contribution < -0.4 is 4.74 Å². The van der Waals surface area contributed by atoms with Gasteiger partial charge in [0.25, 0.3) is 0 Å². The van der Waals surface area contributed by atoms with Crippen LogP contribution in [0.2, 0.25) is 0 Å². The Bertz CT molecular complexity index is 452. The summed E-state index contributed by atoms with van der Waals surface area (Å²) in [5.74, 6) is 1.05. The maximum Gasteiger partial charge on any atom is 0.122 e. The van der Waals surface area contributed by atoms with Crippen LogP contribution in [-0.2, 0) is 13.0 Å². The fourth-order valence-corrected chi connectivity index (χ4v) is 3.52. The Morgan fingerprint density at radius 3 is 2.90 bits per heavy atom. The van der Waals surface area contributed by atoms with E-state index in [9.17, 15) is 5.11 Å². The van der Waals surface area contributed by atoms with Gasteiger partial charge < -0.3 is 9.84 Å². The normalized spacial score (nSPS) is 20.1. The Labute approximate surface area is 121 Å². The van der Waals surface area contributed by atoms with Crippen molar-refractivity contribution in [1.82, 2.24) is 4.90 Å². The lowest BCUT2D eigenvalue weighted by Gasteiger charge is -2.30. The molecule has 1 unspecified atom stereocenters. The average molecular weight is 275 g/mol. The largest absolute Gasteiger partial charge is 0.493 e. The summed E-state index contributed by atoms with van der Waals surface area (Å²) in [6.07, 6.45) is 6.00. The van der Waals surface area contributed by atoms with Gasteiger partial charge in [-0.3, -0.25) is 4.90 Å². The van der Waals surface area contributed by atoms with Gasteiger partial charge in [0, 0.05) is 25.6 Å². The van der Waals surface area contributed by atoms with Crippen molar-refractivity contribution in [2.75, 3.05) is 13.2 Å². The molecule has 20 heavy (non-hydrogen) atoms. The van der Waals surface area contributed by atoms with E-state index >= 15 is 0 Å². The van der Waals surface area contributed by atoms with Gasteiger partial charge in [0.2, 0.25) is 0 Å². The van der Waals surface area contributed by atoms with Crippen molar-refractivity contribution in [3.63, 3.8) is 0 Å². The second kappa shape index (κ2) is 6.15. The first kappa shape index (κ1) is 13.9. The van der Waals surface area contributed by atoms with Crippen molar-refractivity contribution in [2.24, 2.45) is 0 Å². The van der Waals surface area contributed by atoms with Crippen LogP contribution in [0.4, 0.5) is 0 Å². The average Bonchev–Trinajstić information content (AvgIpc) is 3.08. The molecule has 3 rings (SSSR count). The van der Waals surface area contributed by atoms with Crippen LogP contribution in [0.15, 0.2) is 18.2 Å². The van der Waals surface area contributed by atoms with Crippen LogP contribution in [0.25, 0.3) is 0 Å². The summed E-state index contributed by atoms with van der Waals surface area (Å²) in [6, 6.07) is 7.21. The van der Waals surface area contributed by atoms with Gasteiger partial charge in [-0.25, -0.2) is 0 Å². The van der Waals surface area contributed by atoms with E-state index in [0.717, 1.165) is 31.9 Å². The lowest BCUT2D eigenvalue weighted by atomic mass is 10.1. The molecule has 0 amide bonds. The second-order valence-corrected chi connectivity index (χ2v) is 6.26. The number of aliphatic hydroxyl groups excluding tert-OH is 1. The van der Waals surface area contributed by atoms with E-state index < -0.39 is 0 Å². The number of benzene rings is 1. The summed E-state index contributed by atoms with van der Waals surface area (Å²) in [7, 11) is 0. The highest BCUT2D eigenvalue weighted by molar-refractivity contribution is 5.39. The Morgan fingerprint density at radius 2 is 2.15 bits per heavy atom. The number of ether oxygens (including phenoxy) is 1. The summed E-state index contributed by atoms with van der Waals surface area (Å²) in [5, 5.41) is 9.75. The summed E-state index contributed by atoms with van der Waals surface area (Å²) in [4.78, 5) is 2.47. The molecule has 1 N–H and O–H groups in total. The topological polar surface area (TPSA) is 32.7 Å². The number of nitrogens with zero attached hydrogens (tertiary/aromatic N) is 1. The summed E-state index contributed by atoms with van der Waals surface area (Å²) in [5.41, 5.74) is 2.69. The zero-order valence-electron chi connectivity index (χ0n) is 12.3. The third kappa shape index (κ3) is 3.15. The van der Waals surface area contributed by atoms with Crippen LogP contribution in [0.5, 0.6) is 5.75 Å². The maximum atomic E-state index is 9.75.